The van der Waals surface area contributed by atoms with Gasteiger partial charge in [-0.15, -0.1) is 0 Å². The minimum atomic E-state index is -2.59. The molecule has 0 aromatic rings. The van der Waals surface area contributed by atoms with Crippen LogP contribution in [0.3, 0.4) is 0 Å². The van der Waals surface area contributed by atoms with Crippen LogP contribution in [0.4, 0.5) is 0 Å². The van der Waals surface area contributed by atoms with Crippen LogP contribution < -0.4 is 0 Å². The summed E-state index contributed by atoms with van der Waals surface area (Å²) in [5.41, 5.74) is 0. The summed E-state index contributed by atoms with van der Waals surface area (Å²) in [5, 5.41) is 0. The van der Waals surface area contributed by atoms with Gasteiger partial charge >= 0.3 is 20.7 Å². The van der Waals surface area contributed by atoms with Crippen LogP contribution in [0, 0.1) is 5.92 Å². The molecule has 1 aliphatic carbocycles. The van der Waals surface area contributed by atoms with Crippen molar-refractivity contribution in [3.63, 3.8) is 0 Å². The third-order valence-corrected chi connectivity index (χ3v) is 7.03. The molecule has 0 N–H and O–H groups in total. The van der Waals surface area contributed by atoms with Gasteiger partial charge in [0.15, 0.2) is 0 Å². The number of ether oxygens (including phenoxy) is 2. The van der Waals surface area contributed by atoms with Gasteiger partial charge in [0.25, 0.3) is 0 Å². The molecule has 7 nitrogen and oxygen atoms in total. The molecule has 0 spiro atoms. The van der Waals surface area contributed by atoms with Crippen LogP contribution in [0.15, 0.2) is 0 Å². The summed E-state index contributed by atoms with van der Waals surface area (Å²) < 4.78 is 26.9. The minimum absolute atomic E-state index is 0.346. The van der Waals surface area contributed by atoms with Gasteiger partial charge in [-0.1, -0.05) is 0 Å². The van der Waals surface area contributed by atoms with Gasteiger partial charge in [-0.2, -0.15) is 0 Å². The molecule has 23 heavy (non-hydrogen) atoms. The summed E-state index contributed by atoms with van der Waals surface area (Å²) >= 11 is 0. The summed E-state index contributed by atoms with van der Waals surface area (Å²) in [6, 6.07) is 0.701. The molecule has 0 aromatic carbocycles. The lowest BCUT2D eigenvalue weighted by molar-refractivity contribution is -0.170. The molecule has 0 aliphatic heterocycles. The lowest BCUT2D eigenvalue weighted by atomic mass is 9.83. The van der Waals surface area contributed by atoms with Gasteiger partial charge < -0.3 is 22.8 Å². The van der Waals surface area contributed by atoms with E-state index in [0.29, 0.717) is 24.8 Å². The second-order valence-corrected chi connectivity index (χ2v) is 8.90. The molecule has 134 valence electrons. The van der Waals surface area contributed by atoms with Crippen LogP contribution in [0.1, 0.15) is 39.5 Å². The molecular formula is C15H28O7Si. The second kappa shape index (κ2) is 9.36. The topological polar surface area (TPSA) is 80.3 Å². The molecule has 0 amide bonds. The Kier molecular flexibility index (Phi) is 8.17. The maximum atomic E-state index is 11.3. The smallest absolute Gasteiger partial charge is 0.459 e. The van der Waals surface area contributed by atoms with E-state index in [4.69, 9.17) is 22.8 Å². The molecule has 0 heterocycles. The molecule has 0 radical (unpaired) electrons. The van der Waals surface area contributed by atoms with E-state index in [1.165, 1.54) is 13.8 Å². The molecule has 0 aromatic heterocycles. The average molecular weight is 348 g/mol. The van der Waals surface area contributed by atoms with E-state index < -0.39 is 8.80 Å². The first kappa shape index (κ1) is 20.1. The van der Waals surface area contributed by atoms with E-state index in [-0.39, 0.29) is 24.1 Å². The quantitative estimate of drug-likeness (QED) is 0.489. The third-order valence-electron chi connectivity index (χ3n) is 4.27. The molecule has 1 fully saturated rings. The summed E-state index contributed by atoms with van der Waals surface area (Å²) in [4.78, 5) is 22.5. The number of hydrogen-bond donors (Lipinski definition) is 0. The van der Waals surface area contributed by atoms with E-state index >= 15 is 0 Å². The Hall–Kier alpha value is -0.963. The maximum Gasteiger partial charge on any atom is 0.500 e. The fraction of sp³-hybridized carbons (Fsp3) is 0.867. The van der Waals surface area contributed by atoms with Crippen LogP contribution >= 0.6 is 0 Å². The number of rotatable bonds is 8. The Bertz CT molecular complexity index is 389. The summed E-state index contributed by atoms with van der Waals surface area (Å²) in [6.07, 6.45) is 2.35. The van der Waals surface area contributed by atoms with Gasteiger partial charge in [0.05, 0.1) is 0 Å². The molecule has 3 unspecified atom stereocenters. The third kappa shape index (κ3) is 6.21. The number of carbonyl (C=O) groups is 2. The molecule has 1 aliphatic rings. The first-order valence-corrected chi connectivity index (χ1v) is 9.78. The van der Waals surface area contributed by atoms with Gasteiger partial charge in [-0.05, 0) is 31.6 Å². The van der Waals surface area contributed by atoms with Gasteiger partial charge in [-0.3, -0.25) is 9.59 Å². The molecule has 3 atom stereocenters. The van der Waals surface area contributed by atoms with Crippen molar-refractivity contribution in [3.8, 4) is 0 Å². The van der Waals surface area contributed by atoms with Crippen molar-refractivity contribution < 1.29 is 32.3 Å². The van der Waals surface area contributed by atoms with Crippen molar-refractivity contribution in [1.82, 2.24) is 0 Å². The van der Waals surface area contributed by atoms with Gasteiger partial charge in [-0.25, -0.2) is 0 Å². The number of hydrogen-bond acceptors (Lipinski definition) is 7. The van der Waals surface area contributed by atoms with Crippen LogP contribution in [0.2, 0.25) is 6.04 Å². The average Bonchev–Trinajstić information content (AvgIpc) is 2.50. The van der Waals surface area contributed by atoms with Crippen molar-refractivity contribution >= 4 is 20.7 Å². The van der Waals surface area contributed by atoms with E-state index in [0.717, 1.165) is 12.8 Å². The normalized spacial score (nSPS) is 25.0. The van der Waals surface area contributed by atoms with Gasteiger partial charge in [0, 0.05) is 41.2 Å². The predicted molar refractivity (Wildman–Crippen MR) is 84.7 cm³/mol. The highest BCUT2D eigenvalue weighted by Crippen LogP contribution is 2.33. The van der Waals surface area contributed by atoms with E-state index in [1.807, 2.05) is 0 Å². The van der Waals surface area contributed by atoms with Crippen molar-refractivity contribution in [3.05, 3.63) is 0 Å². The summed E-state index contributed by atoms with van der Waals surface area (Å²) in [6.45, 7) is 2.74. The molecule has 8 heteroatoms. The van der Waals surface area contributed by atoms with Crippen molar-refractivity contribution in [2.75, 3.05) is 21.3 Å². The Balaban J connectivity index is 2.62. The van der Waals surface area contributed by atoms with E-state index in [1.54, 1.807) is 21.3 Å². The first-order chi connectivity index (χ1) is 10.9. The van der Waals surface area contributed by atoms with E-state index in [2.05, 4.69) is 0 Å². The van der Waals surface area contributed by atoms with Crippen LogP contribution in [-0.2, 0) is 32.3 Å². The predicted octanol–water partition coefficient (Wildman–Crippen LogP) is 1.92. The first-order valence-electron chi connectivity index (χ1n) is 7.85. The SMILES string of the molecule is CO[Si](CCC1CCC(OC(C)=O)C(OC(C)=O)C1)(OC)OC. The summed E-state index contributed by atoms with van der Waals surface area (Å²) in [7, 11) is 2.20. The van der Waals surface area contributed by atoms with Crippen LogP contribution in [0.5, 0.6) is 0 Å². The highest BCUT2D eigenvalue weighted by Gasteiger charge is 2.40. The fourth-order valence-electron chi connectivity index (χ4n) is 3.07. The highest BCUT2D eigenvalue weighted by atomic mass is 28.4. The number of esters is 2. The zero-order valence-electron chi connectivity index (χ0n) is 14.6. The van der Waals surface area contributed by atoms with Crippen molar-refractivity contribution in [2.45, 2.75) is 57.8 Å². The maximum absolute atomic E-state index is 11.3. The Morgan fingerprint density at radius 3 is 1.91 bits per heavy atom. The lowest BCUT2D eigenvalue weighted by Crippen LogP contribution is -2.44. The molecular weight excluding hydrogens is 320 g/mol. The molecule has 0 bridgehead atoms. The standard InChI is InChI=1S/C15H28O7Si/c1-11(16)21-14-7-6-13(10-15(14)22-12(2)17)8-9-23(18-3,19-4)20-5/h13-15H,6-10H2,1-5H3. The zero-order valence-corrected chi connectivity index (χ0v) is 15.6. The minimum Gasteiger partial charge on any atom is -0.459 e. The highest BCUT2D eigenvalue weighted by molar-refractivity contribution is 6.60. The van der Waals surface area contributed by atoms with Gasteiger partial charge in [0.1, 0.15) is 12.2 Å². The van der Waals surface area contributed by atoms with Crippen LogP contribution in [0.25, 0.3) is 0 Å². The van der Waals surface area contributed by atoms with Crippen LogP contribution in [-0.4, -0.2) is 54.3 Å². The summed E-state index contributed by atoms with van der Waals surface area (Å²) in [5.74, 6) is -0.365. The van der Waals surface area contributed by atoms with Gasteiger partial charge in [0.2, 0.25) is 0 Å². The van der Waals surface area contributed by atoms with Crippen molar-refractivity contribution in [2.24, 2.45) is 5.92 Å². The molecule has 1 rings (SSSR count). The second-order valence-electron chi connectivity index (χ2n) is 5.81. The lowest BCUT2D eigenvalue weighted by Gasteiger charge is -2.35. The Labute approximate surface area is 138 Å². The fourth-order valence-corrected chi connectivity index (χ4v) is 4.94. The number of carbonyl (C=O) groups excluding carboxylic acids is 2. The Morgan fingerprint density at radius 2 is 1.43 bits per heavy atom. The van der Waals surface area contributed by atoms with E-state index in [9.17, 15) is 9.59 Å². The monoisotopic (exact) mass is 348 g/mol. The molecule has 0 saturated heterocycles. The molecule has 1 saturated carbocycles. The van der Waals surface area contributed by atoms with Crippen molar-refractivity contribution in [1.29, 1.82) is 0 Å². The zero-order chi connectivity index (χ0) is 17.5. The largest absolute Gasteiger partial charge is 0.500 e. The Morgan fingerprint density at radius 1 is 0.913 bits per heavy atom.